The smallest absolute Gasteiger partial charge is 0.236 e. The van der Waals surface area contributed by atoms with Crippen LogP contribution in [0.4, 0.5) is 11.5 Å². The molecule has 2 N–H and O–H groups in total. The summed E-state index contributed by atoms with van der Waals surface area (Å²) in [5, 5.41) is 10.9. The van der Waals surface area contributed by atoms with Gasteiger partial charge in [-0.25, -0.2) is 18.4 Å². The van der Waals surface area contributed by atoms with Crippen molar-refractivity contribution >= 4 is 38.3 Å². The van der Waals surface area contributed by atoms with Crippen molar-refractivity contribution in [1.82, 2.24) is 30.0 Å². The highest BCUT2D eigenvalue weighted by Crippen LogP contribution is 2.37. The van der Waals surface area contributed by atoms with E-state index in [2.05, 4.69) is 39.5 Å². The summed E-state index contributed by atoms with van der Waals surface area (Å²) >= 11 is 0. The number of fused-ring (bicyclic) bond motifs is 1. The lowest BCUT2D eigenvalue weighted by Crippen LogP contribution is -2.46. The molecule has 50 heavy (non-hydrogen) atoms. The van der Waals surface area contributed by atoms with Gasteiger partial charge in [-0.2, -0.15) is 5.10 Å². The number of hydrogen-bond acceptors (Lipinski definition) is 10. The van der Waals surface area contributed by atoms with Crippen molar-refractivity contribution in [3.05, 3.63) is 64.6 Å². The number of benzene rings is 2. The van der Waals surface area contributed by atoms with E-state index in [0.29, 0.717) is 60.5 Å². The molecule has 1 amide bonds. The minimum Gasteiger partial charge on any atom is -0.491 e. The molecule has 268 valence electrons. The van der Waals surface area contributed by atoms with Gasteiger partial charge in [0.15, 0.2) is 15.5 Å². The molecule has 0 radical (unpaired) electrons. The van der Waals surface area contributed by atoms with Gasteiger partial charge in [0.1, 0.15) is 17.4 Å². The lowest BCUT2D eigenvalue weighted by molar-refractivity contribution is -0.134. The number of aryl methyl sites for hydroxylation is 2. The number of para-hydroxylation sites is 1. The second kappa shape index (κ2) is 15.0. The lowest BCUT2D eigenvalue weighted by Gasteiger charge is -2.35. The van der Waals surface area contributed by atoms with Gasteiger partial charge in [0.2, 0.25) is 5.91 Å². The Morgan fingerprint density at radius 2 is 1.76 bits per heavy atom. The maximum absolute atomic E-state index is 13.2. The van der Waals surface area contributed by atoms with E-state index in [0.717, 1.165) is 61.6 Å². The first-order valence-corrected chi connectivity index (χ1v) is 19.1. The first-order chi connectivity index (χ1) is 23.9. The maximum Gasteiger partial charge on any atom is 0.236 e. The number of anilines is 2. The monoisotopic (exact) mass is 703 g/mol. The molecular weight excluding hydrogens is 655 g/mol. The number of amides is 1. The molecule has 0 unspecified atom stereocenters. The predicted octanol–water partition coefficient (Wildman–Crippen LogP) is 5.31. The van der Waals surface area contributed by atoms with Gasteiger partial charge in [0, 0.05) is 43.9 Å². The average molecular weight is 704 g/mol. The van der Waals surface area contributed by atoms with Gasteiger partial charge in [-0.3, -0.25) is 14.8 Å². The number of rotatable bonds is 11. The van der Waals surface area contributed by atoms with Crippen molar-refractivity contribution in [2.75, 3.05) is 51.3 Å². The molecule has 6 rings (SSSR count). The number of carbonyl (C=O) groups is 1. The van der Waals surface area contributed by atoms with Crippen LogP contribution in [0.25, 0.3) is 11.0 Å². The van der Waals surface area contributed by atoms with Crippen molar-refractivity contribution in [3.63, 3.8) is 0 Å². The summed E-state index contributed by atoms with van der Waals surface area (Å²) in [4.78, 5) is 27.2. The van der Waals surface area contributed by atoms with E-state index in [9.17, 15) is 13.2 Å². The summed E-state index contributed by atoms with van der Waals surface area (Å²) in [5.74, 6) is 2.32. The summed E-state index contributed by atoms with van der Waals surface area (Å²) in [6, 6.07) is 11.2. The molecule has 13 heteroatoms. The number of sulfone groups is 1. The molecule has 4 aromatic rings. The van der Waals surface area contributed by atoms with E-state index in [-0.39, 0.29) is 16.9 Å². The molecule has 2 fully saturated rings. The van der Waals surface area contributed by atoms with Gasteiger partial charge < -0.3 is 19.7 Å². The van der Waals surface area contributed by atoms with E-state index >= 15 is 0 Å². The molecule has 0 spiro atoms. The van der Waals surface area contributed by atoms with Gasteiger partial charge in [-0.05, 0) is 89.6 Å². The van der Waals surface area contributed by atoms with Gasteiger partial charge in [0.25, 0.3) is 0 Å². The lowest BCUT2D eigenvalue weighted by atomic mass is 9.85. The quantitative estimate of drug-likeness (QED) is 0.211. The van der Waals surface area contributed by atoms with Gasteiger partial charge in [-0.15, -0.1) is 0 Å². The molecule has 2 aliphatic rings. The third kappa shape index (κ3) is 7.79. The molecule has 2 aliphatic heterocycles. The largest absolute Gasteiger partial charge is 0.491 e. The molecule has 0 atom stereocenters. The van der Waals surface area contributed by atoms with E-state index in [1.807, 2.05) is 25.7 Å². The summed E-state index contributed by atoms with van der Waals surface area (Å²) in [6.45, 7) is 16.3. The van der Waals surface area contributed by atoms with Crippen molar-refractivity contribution in [2.24, 2.45) is 0 Å². The van der Waals surface area contributed by atoms with Crippen molar-refractivity contribution in [2.45, 2.75) is 83.0 Å². The second-order valence-electron chi connectivity index (χ2n) is 14.0. The Balaban J connectivity index is 1.25. The SMILES string of the molecule is Cc1cc(Cc2nc(Nc3ccccc3S(=O)(=O)C(C)C)c3c(C)[nH]nc3n2)c(OC(C)C)cc1C1CCN(C(=O)CN2CCOCC2)CC1. The highest BCUT2D eigenvalue weighted by Gasteiger charge is 2.28. The van der Waals surface area contributed by atoms with Crippen LogP contribution >= 0.6 is 0 Å². The van der Waals surface area contributed by atoms with Gasteiger partial charge in [-0.1, -0.05) is 18.2 Å². The zero-order valence-electron chi connectivity index (χ0n) is 30.0. The van der Waals surface area contributed by atoms with Crippen molar-refractivity contribution in [3.8, 4) is 5.75 Å². The van der Waals surface area contributed by atoms with E-state index in [4.69, 9.17) is 19.4 Å². The fourth-order valence-electron chi connectivity index (χ4n) is 6.85. The van der Waals surface area contributed by atoms with Crippen molar-refractivity contribution in [1.29, 1.82) is 0 Å². The Morgan fingerprint density at radius 3 is 2.46 bits per heavy atom. The fourth-order valence-corrected chi connectivity index (χ4v) is 8.05. The number of piperidine rings is 1. The summed E-state index contributed by atoms with van der Waals surface area (Å²) < 4.78 is 38.3. The molecule has 2 saturated heterocycles. The third-order valence-electron chi connectivity index (χ3n) is 9.62. The Labute approximate surface area is 294 Å². The predicted molar refractivity (Wildman–Crippen MR) is 194 cm³/mol. The molecular formula is C37H49N7O5S. The summed E-state index contributed by atoms with van der Waals surface area (Å²) in [5.41, 5.74) is 5.08. The third-order valence-corrected chi connectivity index (χ3v) is 11.8. The van der Waals surface area contributed by atoms with Crippen LogP contribution in [0.5, 0.6) is 5.75 Å². The molecule has 12 nitrogen and oxygen atoms in total. The number of H-pyrrole nitrogens is 1. The topological polar surface area (TPSA) is 143 Å². The highest BCUT2D eigenvalue weighted by atomic mass is 32.2. The van der Waals surface area contributed by atoms with Crippen LogP contribution in [0, 0.1) is 13.8 Å². The minimum absolute atomic E-state index is 0.0435. The Hall–Kier alpha value is -4.07. The first-order valence-electron chi connectivity index (χ1n) is 17.6. The molecule has 0 aliphatic carbocycles. The van der Waals surface area contributed by atoms with Crippen LogP contribution in [0.3, 0.4) is 0 Å². The van der Waals surface area contributed by atoms with Crippen LogP contribution in [0.2, 0.25) is 0 Å². The zero-order chi connectivity index (χ0) is 35.6. The van der Waals surface area contributed by atoms with E-state index < -0.39 is 15.1 Å². The van der Waals surface area contributed by atoms with Crippen LogP contribution in [0.1, 0.15) is 74.7 Å². The normalized spacial score (nSPS) is 16.4. The first kappa shape index (κ1) is 35.7. The number of morpholine rings is 1. The minimum atomic E-state index is -3.56. The van der Waals surface area contributed by atoms with E-state index in [1.54, 1.807) is 38.1 Å². The number of likely N-dealkylation sites (tertiary alicyclic amines) is 1. The zero-order valence-corrected chi connectivity index (χ0v) is 30.8. The number of nitrogens with one attached hydrogen (secondary N) is 2. The standard InChI is InChI=1S/C37H49N7O5S/c1-23(2)49-31-21-29(27-11-13-44(14-12-27)34(45)22-43-15-17-48-18-16-43)25(5)19-28(31)20-33-39-36(35-26(6)41-42-37(35)40-33)38-30-9-7-8-10-32(30)50(46,47)24(3)4/h7-10,19,21,23-24,27H,11-18,20,22H2,1-6H3,(H2,38,39,40,41,42). The number of nitrogens with zero attached hydrogens (tertiary/aromatic N) is 5. The average Bonchev–Trinajstić information content (AvgIpc) is 3.46. The van der Waals surface area contributed by atoms with Crippen LogP contribution in [-0.4, -0.2) is 102 Å². The van der Waals surface area contributed by atoms with Crippen LogP contribution < -0.4 is 10.1 Å². The molecule has 4 heterocycles. The number of ether oxygens (including phenoxy) is 2. The number of hydrogen-bond donors (Lipinski definition) is 2. The molecule has 0 bridgehead atoms. The molecule has 0 saturated carbocycles. The second-order valence-corrected chi connectivity index (χ2v) is 16.4. The van der Waals surface area contributed by atoms with Crippen LogP contribution in [-0.2, 0) is 25.8 Å². The maximum atomic E-state index is 13.2. The molecule has 2 aromatic carbocycles. The van der Waals surface area contributed by atoms with Gasteiger partial charge >= 0.3 is 0 Å². The Bertz CT molecular complexity index is 1950. The van der Waals surface area contributed by atoms with Crippen LogP contribution in [0.15, 0.2) is 41.3 Å². The van der Waals surface area contributed by atoms with Crippen molar-refractivity contribution < 1.29 is 22.7 Å². The Kier molecular flexibility index (Phi) is 10.8. The fraction of sp³-hybridized carbons (Fsp3) is 0.514. The number of aromatic amines is 1. The summed E-state index contributed by atoms with van der Waals surface area (Å²) in [6.07, 6.45) is 2.15. The number of carbonyl (C=O) groups excluding carboxylic acids is 1. The highest BCUT2D eigenvalue weighted by molar-refractivity contribution is 7.92. The number of aromatic nitrogens is 4. The van der Waals surface area contributed by atoms with Gasteiger partial charge in [0.05, 0.1) is 47.1 Å². The summed E-state index contributed by atoms with van der Waals surface area (Å²) in [7, 11) is -3.56. The van der Waals surface area contributed by atoms with E-state index in [1.165, 1.54) is 5.56 Å². The molecule has 2 aromatic heterocycles. The Morgan fingerprint density at radius 1 is 1.04 bits per heavy atom.